The Morgan fingerprint density at radius 1 is 1.18 bits per heavy atom. The second-order valence-corrected chi connectivity index (χ2v) is 11.2. The Morgan fingerprint density at radius 2 is 1.92 bits per heavy atom. The van der Waals surface area contributed by atoms with Crippen LogP contribution < -0.4 is 5.32 Å². The fourth-order valence-corrected chi connectivity index (χ4v) is 5.85. The van der Waals surface area contributed by atoms with Crippen LogP contribution in [0.5, 0.6) is 0 Å². The monoisotopic (exact) mass is 559 g/mol. The van der Waals surface area contributed by atoms with E-state index in [1.54, 1.807) is 35.7 Å². The Labute approximate surface area is 231 Å². The fraction of sp³-hybridized carbons (Fsp3) is 0.414. The van der Waals surface area contributed by atoms with Gasteiger partial charge >= 0.3 is 6.18 Å². The van der Waals surface area contributed by atoms with Gasteiger partial charge in [-0.05, 0) is 55.4 Å². The SMILES string of the molecule is CCC(C)CCC(=S)N1CCC(c2nc(C(=O)Nc3ccccc3-c3cccc(C(F)(F)F)c3)cs2)CC1. The first kappa shape index (κ1) is 28.2. The number of carbonyl (C=O) groups is 1. The highest BCUT2D eigenvalue weighted by atomic mass is 32.1. The van der Waals surface area contributed by atoms with E-state index in [1.165, 1.54) is 23.8 Å². The number of hydrogen-bond acceptors (Lipinski definition) is 4. The molecule has 0 spiro atoms. The number of nitrogens with one attached hydrogen (secondary N) is 1. The average Bonchev–Trinajstić information content (AvgIpc) is 3.42. The van der Waals surface area contributed by atoms with E-state index < -0.39 is 11.7 Å². The van der Waals surface area contributed by atoms with Crippen molar-refractivity contribution in [2.75, 3.05) is 18.4 Å². The number of para-hydroxylation sites is 1. The highest BCUT2D eigenvalue weighted by Gasteiger charge is 2.31. The normalized spacial score (nSPS) is 15.3. The maximum Gasteiger partial charge on any atom is 0.416 e. The summed E-state index contributed by atoms with van der Waals surface area (Å²) in [4.78, 5) is 21.0. The number of alkyl halides is 3. The Morgan fingerprint density at radius 3 is 2.63 bits per heavy atom. The first-order valence-corrected chi connectivity index (χ1v) is 14.3. The minimum Gasteiger partial charge on any atom is -0.366 e. The van der Waals surface area contributed by atoms with Crippen LogP contribution in [0.4, 0.5) is 18.9 Å². The topological polar surface area (TPSA) is 45.2 Å². The van der Waals surface area contributed by atoms with E-state index in [4.69, 9.17) is 12.2 Å². The van der Waals surface area contributed by atoms with Crippen LogP contribution in [0.15, 0.2) is 53.9 Å². The summed E-state index contributed by atoms with van der Waals surface area (Å²) in [6, 6.07) is 11.9. The van der Waals surface area contributed by atoms with Crippen LogP contribution in [0, 0.1) is 5.92 Å². The van der Waals surface area contributed by atoms with Crippen molar-refractivity contribution in [3.63, 3.8) is 0 Å². The van der Waals surface area contributed by atoms with E-state index in [-0.39, 0.29) is 11.8 Å². The summed E-state index contributed by atoms with van der Waals surface area (Å²) >= 11 is 7.15. The number of benzene rings is 2. The predicted octanol–water partition coefficient (Wildman–Crippen LogP) is 8.41. The summed E-state index contributed by atoms with van der Waals surface area (Å²) < 4.78 is 39.7. The summed E-state index contributed by atoms with van der Waals surface area (Å²) in [6.07, 6.45) is 0.684. The second kappa shape index (κ2) is 12.4. The molecule has 38 heavy (non-hydrogen) atoms. The number of aromatic nitrogens is 1. The quantitative estimate of drug-likeness (QED) is 0.282. The number of likely N-dealkylation sites (tertiary alicyclic amines) is 1. The van der Waals surface area contributed by atoms with Gasteiger partial charge < -0.3 is 10.2 Å². The molecule has 1 amide bonds. The molecule has 1 fully saturated rings. The molecule has 3 aromatic rings. The molecule has 4 rings (SSSR count). The molecular formula is C29H32F3N3OS2. The smallest absolute Gasteiger partial charge is 0.366 e. The molecule has 1 N–H and O–H groups in total. The van der Waals surface area contributed by atoms with Gasteiger partial charge in [0.2, 0.25) is 0 Å². The molecule has 1 aliphatic rings. The van der Waals surface area contributed by atoms with Crippen molar-refractivity contribution in [3.8, 4) is 11.1 Å². The van der Waals surface area contributed by atoms with Crippen LogP contribution in [0.1, 0.15) is 72.9 Å². The van der Waals surface area contributed by atoms with Gasteiger partial charge in [-0.3, -0.25) is 4.79 Å². The van der Waals surface area contributed by atoms with Crippen LogP contribution in [0.3, 0.4) is 0 Å². The molecule has 1 saturated heterocycles. The number of amides is 1. The van der Waals surface area contributed by atoms with E-state index in [0.717, 1.165) is 60.9 Å². The van der Waals surface area contributed by atoms with Crippen LogP contribution in [-0.2, 0) is 6.18 Å². The van der Waals surface area contributed by atoms with Gasteiger partial charge in [-0.2, -0.15) is 13.2 Å². The maximum atomic E-state index is 13.2. The number of thiazole rings is 1. The number of hydrogen-bond donors (Lipinski definition) is 1. The molecular weight excluding hydrogens is 527 g/mol. The average molecular weight is 560 g/mol. The molecule has 1 unspecified atom stereocenters. The third-order valence-corrected chi connectivity index (χ3v) is 8.65. The summed E-state index contributed by atoms with van der Waals surface area (Å²) in [6.45, 7) is 6.26. The summed E-state index contributed by atoms with van der Waals surface area (Å²) in [5, 5.41) is 5.54. The zero-order valence-electron chi connectivity index (χ0n) is 21.6. The minimum absolute atomic E-state index is 0.285. The molecule has 1 aromatic heterocycles. The van der Waals surface area contributed by atoms with Gasteiger partial charge in [-0.25, -0.2) is 4.98 Å². The summed E-state index contributed by atoms with van der Waals surface area (Å²) in [5.41, 5.74) is 0.908. The van der Waals surface area contributed by atoms with Crippen LogP contribution >= 0.6 is 23.6 Å². The van der Waals surface area contributed by atoms with Gasteiger partial charge in [0, 0.05) is 35.6 Å². The number of carbonyl (C=O) groups excluding carboxylic acids is 1. The first-order valence-electron chi connectivity index (χ1n) is 13.0. The van der Waals surface area contributed by atoms with Crippen molar-refractivity contribution in [1.82, 2.24) is 9.88 Å². The van der Waals surface area contributed by atoms with Crippen LogP contribution in [-0.4, -0.2) is 33.9 Å². The molecule has 0 aliphatic carbocycles. The number of piperidine rings is 1. The second-order valence-electron chi connectivity index (χ2n) is 9.86. The Balaban J connectivity index is 1.39. The van der Waals surface area contributed by atoms with Gasteiger partial charge in [-0.15, -0.1) is 11.3 Å². The van der Waals surface area contributed by atoms with E-state index in [2.05, 4.69) is 29.0 Å². The number of anilines is 1. The number of nitrogens with zero attached hydrogens (tertiary/aromatic N) is 2. The maximum absolute atomic E-state index is 13.2. The number of rotatable bonds is 8. The lowest BCUT2D eigenvalue weighted by Crippen LogP contribution is -2.37. The molecule has 2 heterocycles. The summed E-state index contributed by atoms with van der Waals surface area (Å²) in [7, 11) is 0. The fourth-order valence-electron chi connectivity index (χ4n) is 4.58. The standard InChI is InChI=1S/C29H32F3N3OS2/c1-3-19(2)11-12-26(37)35-15-13-20(14-16-35)28-34-25(18-38-28)27(36)33-24-10-5-4-9-23(24)21-7-6-8-22(17-21)29(30,31)32/h4-10,17-20H,3,11-16H2,1-2H3,(H,33,36). The van der Waals surface area contributed by atoms with E-state index in [1.807, 2.05) is 0 Å². The highest BCUT2D eigenvalue weighted by molar-refractivity contribution is 7.80. The minimum atomic E-state index is -4.44. The lowest BCUT2D eigenvalue weighted by molar-refractivity contribution is -0.137. The van der Waals surface area contributed by atoms with Gasteiger partial charge in [-0.1, -0.05) is 62.8 Å². The number of thiocarbonyl (C=S) groups is 1. The zero-order valence-corrected chi connectivity index (χ0v) is 23.2. The van der Waals surface area contributed by atoms with Crippen molar-refractivity contribution in [3.05, 3.63) is 70.2 Å². The van der Waals surface area contributed by atoms with Gasteiger partial charge in [0.05, 0.1) is 15.6 Å². The third-order valence-electron chi connectivity index (χ3n) is 7.18. The number of halogens is 3. The van der Waals surface area contributed by atoms with E-state index in [0.29, 0.717) is 28.4 Å². The predicted molar refractivity (Wildman–Crippen MR) is 152 cm³/mol. The van der Waals surface area contributed by atoms with Crippen molar-refractivity contribution in [1.29, 1.82) is 0 Å². The van der Waals surface area contributed by atoms with Gasteiger partial charge in [0.15, 0.2) is 0 Å². The van der Waals surface area contributed by atoms with Crippen molar-refractivity contribution in [2.45, 2.75) is 58.0 Å². The molecule has 2 aromatic carbocycles. The third kappa shape index (κ3) is 6.99. The van der Waals surface area contributed by atoms with Crippen molar-refractivity contribution < 1.29 is 18.0 Å². The molecule has 1 atom stereocenters. The Hall–Kier alpha value is -2.78. The largest absolute Gasteiger partial charge is 0.416 e. The van der Waals surface area contributed by atoms with E-state index in [9.17, 15) is 18.0 Å². The zero-order chi connectivity index (χ0) is 27.3. The molecule has 0 saturated carbocycles. The Kier molecular flexibility index (Phi) is 9.20. The summed E-state index contributed by atoms with van der Waals surface area (Å²) in [5.74, 6) is 0.588. The molecule has 4 nitrogen and oxygen atoms in total. The molecule has 0 bridgehead atoms. The van der Waals surface area contributed by atoms with Gasteiger partial charge in [0.25, 0.3) is 5.91 Å². The first-order chi connectivity index (χ1) is 18.2. The van der Waals surface area contributed by atoms with Crippen molar-refractivity contribution in [2.24, 2.45) is 5.92 Å². The van der Waals surface area contributed by atoms with Crippen LogP contribution in [0.25, 0.3) is 11.1 Å². The Bertz CT molecular complexity index is 1270. The molecule has 0 radical (unpaired) electrons. The lowest BCUT2D eigenvalue weighted by Gasteiger charge is -2.33. The van der Waals surface area contributed by atoms with E-state index >= 15 is 0 Å². The van der Waals surface area contributed by atoms with Crippen LogP contribution in [0.2, 0.25) is 0 Å². The molecule has 202 valence electrons. The highest BCUT2D eigenvalue weighted by Crippen LogP contribution is 2.35. The molecule has 9 heteroatoms. The molecule has 1 aliphatic heterocycles. The van der Waals surface area contributed by atoms with Gasteiger partial charge in [0.1, 0.15) is 5.69 Å². The lowest BCUT2D eigenvalue weighted by atomic mass is 9.96. The van der Waals surface area contributed by atoms with Crippen molar-refractivity contribution >= 4 is 40.1 Å².